The first-order valence-electron chi connectivity index (χ1n) is 5.63. The molecule has 0 aliphatic rings. The van der Waals surface area contributed by atoms with Gasteiger partial charge in [-0.25, -0.2) is 9.18 Å². The number of esters is 1. The van der Waals surface area contributed by atoms with E-state index in [0.29, 0.717) is 11.3 Å². The van der Waals surface area contributed by atoms with Gasteiger partial charge in [0.1, 0.15) is 22.8 Å². The molecule has 0 saturated carbocycles. The maximum atomic E-state index is 13.4. The average Bonchev–Trinajstić information content (AvgIpc) is 2.75. The fraction of sp³-hybridized carbons (Fsp3) is 0.231. The Morgan fingerprint density at radius 1 is 1.53 bits per heavy atom. The Balaban J connectivity index is 2.50. The normalized spacial score (nSPS) is 10.5. The first-order valence-corrected chi connectivity index (χ1v) is 6.01. The lowest BCUT2D eigenvalue weighted by molar-refractivity contribution is 0.0525. The lowest BCUT2D eigenvalue weighted by Crippen LogP contribution is -2.06. The summed E-state index contributed by atoms with van der Waals surface area (Å²) in [5.41, 5.74) is 0.844. The molecule has 0 unspecified atom stereocenters. The van der Waals surface area contributed by atoms with E-state index < -0.39 is 11.8 Å². The van der Waals surface area contributed by atoms with Gasteiger partial charge >= 0.3 is 5.97 Å². The summed E-state index contributed by atoms with van der Waals surface area (Å²) in [5, 5.41) is 3.78. The number of carbonyl (C=O) groups excluding carboxylic acids is 1. The van der Waals surface area contributed by atoms with Crippen molar-refractivity contribution in [2.75, 3.05) is 6.61 Å². The van der Waals surface area contributed by atoms with Crippen LogP contribution < -0.4 is 0 Å². The van der Waals surface area contributed by atoms with Crippen LogP contribution in [0.5, 0.6) is 0 Å². The van der Waals surface area contributed by atoms with Gasteiger partial charge in [-0.15, -0.1) is 0 Å². The molecule has 1 aromatic carbocycles. The number of halogens is 2. The van der Waals surface area contributed by atoms with E-state index in [2.05, 4.69) is 5.16 Å². The number of hydrogen-bond acceptors (Lipinski definition) is 4. The van der Waals surface area contributed by atoms with Gasteiger partial charge in [-0.1, -0.05) is 22.8 Å². The maximum absolute atomic E-state index is 13.4. The molecule has 19 heavy (non-hydrogen) atoms. The van der Waals surface area contributed by atoms with Crippen LogP contribution in [0, 0.1) is 12.7 Å². The van der Waals surface area contributed by atoms with Crippen molar-refractivity contribution in [3.63, 3.8) is 0 Å². The van der Waals surface area contributed by atoms with E-state index in [0.717, 1.165) is 0 Å². The molecule has 0 fully saturated rings. The smallest absolute Gasteiger partial charge is 0.344 e. The first kappa shape index (κ1) is 13.5. The van der Waals surface area contributed by atoms with E-state index in [-0.39, 0.29) is 22.9 Å². The standard InChI is InChI=1S/C13H11ClFNO3/c1-3-18-13(17)11-7(2)19-16-12(11)8-4-5-9(14)10(15)6-8/h4-6H,3H2,1-2H3. The summed E-state index contributed by atoms with van der Waals surface area (Å²) in [5.74, 6) is -0.815. The monoisotopic (exact) mass is 283 g/mol. The zero-order chi connectivity index (χ0) is 14.0. The van der Waals surface area contributed by atoms with Crippen LogP contribution in [0.25, 0.3) is 11.3 Å². The SMILES string of the molecule is CCOC(=O)c1c(-c2ccc(Cl)c(F)c2)noc1C. The van der Waals surface area contributed by atoms with E-state index in [9.17, 15) is 9.18 Å². The maximum Gasteiger partial charge on any atom is 0.344 e. The molecule has 2 aromatic rings. The Morgan fingerprint density at radius 2 is 2.26 bits per heavy atom. The van der Waals surface area contributed by atoms with Crippen LogP contribution in [0.4, 0.5) is 4.39 Å². The van der Waals surface area contributed by atoms with E-state index >= 15 is 0 Å². The molecule has 0 spiro atoms. The van der Waals surface area contributed by atoms with Crippen LogP contribution in [0.15, 0.2) is 22.7 Å². The van der Waals surface area contributed by atoms with Gasteiger partial charge in [0.15, 0.2) is 0 Å². The molecule has 100 valence electrons. The second-order valence-corrected chi connectivity index (χ2v) is 4.22. The van der Waals surface area contributed by atoms with E-state index in [4.69, 9.17) is 20.9 Å². The molecule has 2 rings (SSSR count). The number of carbonyl (C=O) groups is 1. The molecule has 0 amide bonds. The highest BCUT2D eigenvalue weighted by atomic mass is 35.5. The molecule has 0 aliphatic carbocycles. The Morgan fingerprint density at radius 3 is 2.89 bits per heavy atom. The summed E-state index contributed by atoms with van der Waals surface area (Å²) in [6, 6.07) is 4.15. The zero-order valence-electron chi connectivity index (χ0n) is 10.4. The molecule has 1 aromatic heterocycles. The summed E-state index contributed by atoms with van der Waals surface area (Å²) < 4.78 is 23.4. The summed E-state index contributed by atoms with van der Waals surface area (Å²) in [6.07, 6.45) is 0. The molecule has 0 bridgehead atoms. The number of ether oxygens (including phenoxy) is 1. The summed E-state index contributed by atoms with van der Waals surface area (Å²) >= 11 is 5.61. The minimum atomic E-state index is -0.588. The van der Waals surface area contributed by atoms with Gasteiger partial charge in [0.2, 0.25) is 0 Å². The lowest BCUT2D eigenvalue weighted by Gasteiger charge is -2.03. The number of rotatable bonds is 3. The Hall–Kier alpha value is -1.88. The number of nitrogens with zero attached hydrogens (tertiary/aromatic N) is 1. The van der Waals surface area contributed by atoms with Crippen molar-refractivity contribution in [3.8, 4) is 11.3 Å². The Labute approximate surface area is 114 Å². The Bertz CT molecular complexity index is 624. The van der Waals surface area contributed by atoms with Crippen LogP contribution >= 0.6 is 11.6 Å². The largest absolute Gasteiger partial charge is 0.462 e. The Kier molecular flexibility index (Phi) is 3.85. The van der Waals surface area contributed by atoms with Gasteiger partial charge in [-0.3, -0.25) is 0 Å². The van der Waals surface area contributed by atoms with Crippen molar-refractivity contribution < 1.29 is 18.4 Å². The first-order chi connectivity index (χ1) is 9.04. The van der Waals surface area contributed by atoms with Gasteiger partial charge in [-0.05, 0) is 26.0 Å². The fourth-order valence-corrected chi connectivity index (χ4v) is 1.77. The predicted octanol–water partition coefficient (Wildman–Crippen LogP) is 3.62. The van der Waals surface area contributed by atoms with Crippen LogP contribution in [0.2, 0.25) is 5.02 Å². The minimum Gasteiger partial charge on any atom is -0.462 e. The van der Waals surface area contributed by atoms with Crippen molar-refractivity contribution in [1.29, 1.82) is 0 Å². The average molecular weight is 284 g/mol. The fourth-order valence-electron chi connectivity index (χ4n) is 1.66. The van der Waals surface area contributed by atoms with E-state index in [1.54, 1.807) is 19.9 Å². The predicted molar refractivity (Wildman–Crippen MR) is 67.6 cm³/mol. The van der Waals surface area contributed by atoms with Crippen molar-refractivity contribution in [2.45, 2.75) is 13.8 Å². The van der Waals surface area contributed by atoms with Gasteiger partial charge in [0, 0.05) is 5.56 Å². The summed E-state index contributed by atoms with van der Waals surface area (Å²) in [7, 11) is 0. The van der Waals surface area contributed by atoms with Crippen LogP contribution in [-0.4, -0.2) is 17.7 Å². The van der Waals surface area contributed by atoms with Crippen LogP contribution in [0.3, 0.4) is 0 Å². The molecule has 0 aliphatic heterocycles. The third-order valence-corrected chi connectivity index (χ3v) is 2.84. The number of hydrogen-bond donors (Lipinski definition) is 0. The molecule has 0 atom stereocenters. The van der Waals surface area contributed by atoms with Crippen molar-refractivity contribution in [1.82, 2.24) is 5.16 Å². The van der Waals surface area contributed by atoms with Gasteiger partial charge in [0.25, 0.3) is 0 Å². The third-order valence-electron chi connectivity index (χ3n) is 2.54. The van der Waals surface area contributed by atoms with Crippen molar-refractivity contribution >= 4 is 17.6 Å². The van der Waals surface area contributed by atoms with Crippen molar-refractivity contribution in [2.24, 2.45) is 0 Å². The van der Waals surface area contributed by atoms with Crippen LogP contribution in [0.1, 0.15) is 23.0 Å². The summed E-state index contributed by atoms with van der Waals surface area (Å²) in [4.78, 5) is 11.8. The number of aryl methyl sites for hydroxylation is 1. The lowest BCUT2D eigenvalue weighted by atomic mass is 10.1. The van der Waals surface area contributed by atoms with E-state index in [1.807, 2.05) is 0 Å². The van der Waals surface area contributed by atoms with Gasteiger partial charge in [0.05, 0.1) is 11.6 Å². The highest BCUT2D eigenvalue weighted by molar-refractivity contribution is 6.30. The quantitative estimate of drug-likeness (QED) is 0.807. The molecule has 0 N–H and O–H groups in total. The zero-order valence-corrected chi connectivity index (χ0v) is 11.1. The molecule has 6 heteroatoms. The number of aromatic nitrogens is 1. The number of benzene rings is 1. The van der Waals surface area contributed by atoms with Gasteiger partial charge in [-0.2, -0.15) is 0 Å². The molecule has 4 nitrogen and oxygen atoms in total. The van der Waals surface area contributed by atoms with Gasteiger partial charge < -0.3 is 9.26 Å². The highest BCUT2D eigenvalue weighted by Crippen LogP contribution is 2.28. The topological polar surface area (TPSA) is 52.3 Å². The second-order valence-electron chi connectivity index (χ2n) is 3.81. The van der Waals surface area contributed by atoms with Crippen LogP contribution in [-0.2, 0) is 4.74 Å². The van der Waals surface area contributed by atoms with Crippen molar-refractivity contribution in [3.05, 3.63) is 40.4 Å². The highest BCUT2D eigenvalue weighted by Gasteiger charge is 2.23. The molecule has 0 saturated heterocycles. The summed E-state index contributed by atoms with van der Waals surface area (Å²) in [6.45, 7) is 3.52. The molecular weight excluding hydrogens is 273 g/mol. The molecule has 0 radical (unpaired) electrons. The third kappa shape index (κ3) is 2.61. The molecule has 1 heterocycles. The molecular formula is C13H11ClFNO3. The second kappa shape index (κ2) is 5.40. The minimum absolute atomic E-state index is 0.00153. The van der Waals surface area contributed by atoms with E-state index in [1.165, 1.54) is 12.1 Å².